The number of ether oxygens (including phenoxy) is 2. The van der Waals surface area contributed by atoms with E-state index in [2.05, 4.69) is 6.58 Å². The van der Waals surface area contributed by atoms with E-state index < -0.39 is 11.8 Å². The number of rotatable bonds is 5. The van der Waals surface area contributed by atoms with E-state index in [0.29, 0.717) is 11.5 Å². The van der Waals surface area contributed by atoms with Gasteiger partial charge >= 0.3 is 5.79 Å². The number of nitrogens with zero attached hydrogens (tertiary/aromatic N) is 1. The van der Waals surface area contributed by atoms with Crippen molar-refractivity contribution in [1.82, 2.24) is 0 Å². The van der Waals surface area contributed by atoms with Gasteiger partial charge in [-0.25, -0.2) is 0 Å². The Labute approximate surface area is 134 Å². The zero-order valence-electron chi connectivity index (χ0n) is 12.6. The summed E-state index contributed by atoms with van der Waals surface area (Å²) in [7, 11) is 0. The molecule has 0 aliphatic carbocycles. The summed E-state index contributed by atoms with van der Waals surface area (Å²) in [6.45, 7) is 3.71. The van der Waals surface area contributed by atoms with Crippen molar-refractivity contribution in [3.05, 3.63) is 82.9 Å². The van der Waals surface area contributed by atoms with E-state index in [0.717, 1.165) is 5.56 Å². The predicted octanol–water partition coefficient (Wildman–Crippen LogP) is 3.62. The molecule has 0 bridgehead atoms. The maximum absolute atomic E-state index is 11.7. The van der Waals surface area contributed by atoms with Gasteiger partial charge in [0, 0.05) is 10.5 Å². The average Bonchev–Trinajstić information content (AvgIpc) is 2.55. The highest BCUT2D eigenvalue weighted by atomic mass is 16.7. The molecular weight excluding hydrogens is 294 g/mol. The third-order valence-corrected chi connectivity index (χ3v) is 3.89. The zero-order valence-corrected chi connectivity index (χ0v) is 12.6. The molecule has 0 N–H and O–H groups in total. The lowest BCUT2D eigenvalue weighted by molar-refractivity contribution is -0.558. The second kappa shape index (κ2) is 6.12. The largest absolute Gasteiger partial charge is 0.446 e. The summed E-state index contributed by atoms with van der Waals surface area (Å²) in [5.74, 6) is -0.259. The van der Waals surface area contributed by atoms with Gasteiger partial charge in [0.05, 0.1) is 12.8 Å². The molecule has 0 aromatic heterocycles. The standard InChI is InChI=1S/C18H17NO4/c1-2-12-18(22-15-9-4-3-5-10-15)17(19(20)21)13-14-8-6-7-11-16(14)23-18/h2-11,17H,1,12-13H2. The van der Waals surface area contributed by atoms with Crippen LogP contribution in [0.1, 0.15) is 12.0 Å². The van der Waals surface area contributed by atoms with Gasteiger partial charge in [0.2, 0.25) is 0 Å². The lowest BCUT2D eigenvalue weighted by Gasteiger charge is -2.39. The molecule has 0 radical (unpaired) electrons. The van der Waals surface area contributed by atoms with Crippen molar-refractivity contribution in [3.63, 3.8) is 0 Å². The highest BCUT2D eigenvalue weighted by Gasteiger charge is 2.54. The van der Waals surface area contributed by atoms with E-state index in [9.17, 15) is 10.1 Å². The third-order valence-electron chi connectivity index (χ3n) is 3.89. The molecule has 5 heteroatoms. The van der Waals surface area contributed by atoms with Gasteiger partial charge in [0.1, 0.15) is 11.5 Å². The fraction of sp³-hybridized carbons (Fsp3) is 0.222. The molecule has 3 rings (SSSR count). The van der Waals surface area contributed by atoms with Crippen LogP contribution < -0.4 is 9.47 Å². The monoisotopic (exact) mass is 311 g/mol. The van der Waals surface area contributed by atoms with Crippen LogP contribution in [0, 0.1) is 10.1 Å². The molecule has 0 amide bonds. The molecule has 2 unspecified atom stereocenters. The van der Waals surface area contributed by atoms with E-state index in [1.807, 2.05) is 36.4 Å². The molecular formula is C18H17NO4. The van der Waals surface area contributed by atoms with Crippen LogP contribution in [-0.4, -0.2) is 16.8 Å². The lowest BCUT2D eigenvalue weighted by atomic mass is 9.92. The second-order valence-electron chi connectivity index (χ2n) is 5.43. The Hall–Kier alpha value is -2.82. The van der Waals surface area contributed by atoms with Crippen LogP contribution in [0.3, 0.4) is 0 Å². The molecule has 1 aliphatic heterocycles. The van der Waals surface area contributed by atoms with Gasteiger partial charge in [-0.1, -0.05) is 42.5 Å². The van der Waals surface area contributed by atoms with Crippen molar-refractivity contribution in [2.24, 2.45) is 0 Å². The molecule has 1 aliphatic rings. The quantitative estimate of drug-likeness (QED) is 0.481. The van der Waals surface area contributed by atoms with E-state index in [1.54, 1.807) is 24.3 Å². The van der Waals surface area contributed by atoms with Crippen molar-refractivity contribution in [1.29, 1.82) is 0 Å². The summed E-state index contributed by atoms with van der Waals surface area (Å²) in [6, 6.07) is 15.3. The third kappa shape index (κ3) is 2.90. The molecule has 0 spiro atoms. The van der Waals surface area contributed by atoms with Crippen LogP contribution in [0.15, 0.2) is 67.3 Å². The molecule has 0 saturated heterocycles. The number of fused-ring (bicyclic) bond motifs is 1. The molecule has 1 heterocycles. The van der Waals surface area contributed by atoms with Gasteiger partial charge in [-0.15, -0.1) is 6.58 Å². The Balaban J connectivity index is 2.04. The summed E-state index contributed by atoms with van der Waals surface area (Å²) < 4.78 is 12.0. The van der Waals surface area contributed by atoms with Crippen LogP contribution in [0.25, 0.3) is 0 Å². The van der Waals surface area contributed by atoms with Gasteiger partial charge in [-0.3, -0.25) is 10.1 Å². The smallest absolute Gasteiger partial charge is 0.323 e. The maximum atomic E-state index is 11.7. The van der Waals surface area contributed by atoms with E-state index in [4.69, 9.17) is 9.47 Å². The average molecular weight is 311 g/mol. The molecule has 2 atom stereocenters. The Bertz CT molecular complexity index is 716. The summed E-state index contributed by atoms with van der Waals surface area (Å²) in [5, 5.41) is 11.7. The van der Waals surface area contributed by atoms with Gasteiger partial charge in [0.15, 0.2) is 0 Å². The van der Waals surface area contributed by atoms with Crippen molar-refractivity contribution >= 4 is 0 Å². The number of para-hydroxylation sites is 2. The first-order chi connectivity index (χ1) is 11.1. The Morgan fingerprint density at radius 1 is 1.26 bits per heavy atom. The van der Waals surface area contributed by atoms with Crippen LogP contribution >= 0.6 is 0 Å². The van der Waals surface area contributed by atoms with E-state index in [1.165, 1.54) is 0 Å². The Kier molecular flexibility index (Phi) is 4.02. The topological polar surface area (TPSA) is 61.6 Å². The minimum Gasteiger partial charge on any atom is -0.446 e. The molecule has 0 saturated carbocycles. The number of hydrogen-bond acceptors (Lipinski definition) is 4. The predicted molar refractivity (Wildman–Crippen MR) is 86.2 cm³/mol. The number of benzene rings is 2. The lowest BCUT2D eigenvalue weighted by Crippen LogP contribution is -2.58. The first-order valence-corrected chi connectivity index (χ1v) is 7.40. The molecule has 2 aromatic carbocycles. The van der Waals surface area contributed by atoms with Crippen molar-refractivity contribution in [2.75, 3.05) is 0 Å². The number of nitro groups is 1. The van der Waals surface area contributed by atoms with Crippen molar-refractivity contribution < 1.29 is 14.4 Å². The highest BCUT2D eigenvalue weighted by molar-refractivity contribution is 5.37. The Morgan fingerprint density at radius 3 is 2.65 bits per heavy atom. The maximum Gasteiger partial charge on any atom is 0.323 e. The highest BCUT2D eigenvalue weighted by Crippen LogP contribution is 2.38. The molecule has 2 aromatic rings. The SMILES string of the molecule is C=CCC1(Oc2ccccc2)Oc2ccccc2CC1[N+](=O)[O-]. The fourth-order valence-electron chi connectivity index (χ4n) is 2.82. The molecule has 5 nitrogen and oxygen atoms in total. The Morgan fingerprint density at radius 2 is 1.96 bits per heavy atom. The first kappa shape index (κ1) is 15.1. The van der Waals surface area contributed by atoms with Gasteiger partial charge in [0.25, 0.3) is 6.04 Å². The van der Waals surface area contributed by atoms with E-state index >= 15 is 0 Å². The minimum atomic E-state index is -1.40. The summed E-state index contributed by atoms with van der Waals surface area (Å²) in [5.41, 5.74) is 0.811. The number of hydrogen-bond donors (Lipinski definition) is 0. The van der Waals surface area contributed by atoms with Crippen molar-refractivity contribution in [3.8, 4) is 11.5 Å². The molecule has 118 valence electrons. The summed E-state index contributed by atoms with van der Waals surface area (Å²) in [6.07, 6.45) is 2.05. The van der Waals surface area contributed by atoms with E-state index in [-0.39, 0.29) is 17.8 Å². The van der Waals surface area contributed by atoms with Gasteiger partial charge < -0.3 is 9.47 Å². The van der Waals surface area contributed by atoms with Crippen LogP contribution in [0.4, 0.5) is 0 Å². The summed E-state index contributed by atoms with van der Waals surface area (Å²) >= 11 is 0. The zero-order chi connectivity index (χ0) is 16.3. The van der Waals surface area contributed by atoms with Gasteiger partial charge in [-0.05, 0) is 18.2 Å². The van der Waals surface area contributed by atoms with Crippen LogP contribution in [0.5, 0.6) is 11.5 Å². The minimum absolute atomic E-state index is 0.210. The first-order valence-electron chi connectivity index (χ1n) is 7.40. The van der Waals surface area contributed by atoms with Crippen molar-refractivity contribution in [2.45, 2.75) is 24.7 Å². The fourth-order valence-corrected chi connectivity index (χ4v) is 2.82. The normalized spacial score (nSPS) is 22.5. The molecule has 23 heavy (non-hydrogen) atoms. The van der Waals surface area contributed by atoms with Gasteiger partial charge in [-0.2, -0.15) is 0 Å². The summed E-state index contributed by atoms with van der Waals surface area (Å²) in [4.78, 5) is 11.3. The van der Waals surface area contributed by atoms with Crippen LogP contribution in [0.2, 0.25) is 0 Å². The second-order valence-corrected chi connectivity index (χ2v) is 5.43. The molecule has 0 fully saturated rings. The van der Waals surface area contributed by atoms with Crippen LogP contribution in [-0.2, 0) is 6.42 Å².